The van der Waals surface area contributed by atoms with Crippen molar-refractivity contribution in [3.8, 4) is 0 Å². The van der Waals surface area contributed by atoms with Gasteiger partial charge in [0.25, 0.3) is 0 Å². The van der Waals surface area contributed by atoms with E-state index in [1.54, 1.807) is 16.7 Å². The van der Waals surface area contributed by atoms with Crippen LogP contribution in [0.4, 0.5) is 0 Å². The minimum absolute atomic E-state index is 0.00596. The summed E-state index contributed by atoms with van der Waals surface area (Å²) < 4.78 is 3.26. The van der Waals surface area contributed by atoms with Gasteiger partial charge in [-0.25, -0.2) is 4.79 Å². The highest BCUT2D eigenvalue weighted by atomic mass is 35.5. The molecule has 0 bridgehead atoms. The third-order valence-corrected chi connectivity index (χ3v) is 4.67. The smallest absolute Gasteiger partial charge is 0.329 e. The van der Waals surface area contributed by atoms with E-state index in [-0.39, 0.29) is 24.2 Å². The Morgan fingerprint density at radius 3 is 2.31 bits per heavy atom. The summed E-state index contributed by atoms with van der Waals surface area (Å²) in [5.41, 5.74) is 2.45. The second-order valence-electron chi connectivity index (χ2n) is 6.35. The number of aromatic nitrogens is 2. The maximum Gasteiger partial charge on any atom is 0.329 e. The summed E-state index contributed by atoms with van der Waals surface area (Å²) in [6, 6.07) is 14.8. The standard InChI is InChI=1S/C20H22ClN3O2/c1-3-12-23-17-6-4-5-7-18(17)24(20(23)26)13-19(25)22-14(2)15-8-10-16(21)11-9-15/h4-11,14H,3,12-13H2,1-2H3,(H,22,25)/t14-/m0/s1. The molecule has 0 saturated heterocycles. The molecule has 26 heavy (non-hydrogen) atoms. The summed E-state index contributed by atoms with van der Waals surface area (Å²) in [7, 11) is 0. The molecule has 136 valence electrons. The van der Waals surface area contributed by atoms with Crippen LogP contribution in [-0.2, 0) is 17.9 Å². The average molecular weight is 372 g/mol. The number of carbonyl (C=O) groups excluding carboxylic acids is 1. The Hall–Kier alpha value is -2.53. The molecule has 0 saturated carbocycles. The molecule has 0 unspecified atom stereocenters. The van der Waals surface area contributed by atoms with Crippen LogP contribution in [0.5, 0.6) is 0 Å². The van der Waals surface area contributed by atoms with E-state index in [4.69, 9.17) is 11.6 Å². The van der Waals surface area contributed by atoms with Crippen molar-refractivity contribution in [2.45, 2.75) is 39.4 Å². The molecule has 6 heteroatoms. The molecule has 1 atom stereocenters. The van der Waals surface area contributed by atoms with Gasteiger partial charge in [0.05, 0.1) is 17.1 Å². The third-order valence-electron chi connectivity index (χ3n) is 4.42. The molecule has 1 amide bonds. The molecule has 3 aromatic rings. The highest BCUT2D eigenvalue weighted by Crippen LogP contribution is 2.17. The molecule has 0 aliphatic rings. The van der Waals surface area contributed by atoms with Gasteiger partial charge in [-0.2, -0.15) is 0 Å². The maximum atomic E-state index is 12.7. The highest BCUT2D eigenvalue weighted by molar-refractivity contribution is 6.30. The molecule has 1 N–H and O–H groups in total. The zero-order chi connectivity index (χ0) is 18.7. The molecule has 1 heterocycles. The van der Waals surface area contributed by atoms with E-state index in [0.29, 0.717) is 11.6 Å². The van der Waals surface area contributed by atoms with Crippen molar-refractivity contribution in [2.75, 3.05) is 0 Å². The van der Waals surface area contributed by atoms with Gasteiger partial charge in [-0.05, 0) is 43.2 Å². The molecule has 0 radical (unpaired) electrons. The van der Waals surface area contributed by atoms with Crippen molar-refractivity contribution >= 4 is 28.5 Å². The van der Waals surface area contributed by atoms with E-state index in [1.807, 2.05) is 50.2 Å². The van der Waals surface area contributed by atoms with Crippen molar-refractivity contribution in [1.29, 1.82) is 0 Å². The fraction of sp³-hybridized carbons (Fsp3) is 0.300. The molecule has 2 aromatic carbocycles. The minimum atomic E-state index is -0.200. The Balaban J connectivity index is 1.82. The van der Waals surface area contributed by atoms with Crippen molar-refractivity contribution in [3.05, 3.63) is 69.6 Å². The molecule has 0 aliphatic carbocycles. The first-order chi connectivity index (χ1) is 12.5. The van der Waals surface area contributed by atoms with Gasteiger partial charge in [0, 0.05) is 11.6 Å². The van der Waals surface area contributed by atoms with Crippen molar-refractivity contribution < 1.29 is 4.79 Å². The zero-order valence-electron chi connectivity index (χ0n) is 14.9. The summed E-state index contributed by atoms with van der Waals surface area (Å²) in [4.78, 5) is 25.3. The molecule has 5 nitrogen and oxygen atoms in total. The van der Waals surface area contributed by atoms with Crippen LogP contribution in [0.25, 0.3) is 11.0 Å². The van der Waals surface area contributed by atoms with Gasteiger partial charge in [-0.1, -0.05) is 42.8 Å². The number of aryl methyl sites for hydroxylation is 1. The summed E-state index contributed by atoms with van der Waals surface area (Å²) in [5.74, 6) is -0.200. The van der Waals surface area contributed by atoms with E-state index in [9.17, 15) is 9.59 Å². The molecule has 0 fully saturated rings. The fourth-order valence-corrected chi connectivity index (χ4v) is 3.26. The van der Waals surface area contributed by atoms with Crippen LogP contribution < -0.4 is 11.0 Å². The highest BCUT2D eigenvalue weighted by Gasteiger charge is 2.16. The summed E-state index contributed by atoms with van der Waals surface area (Å²) >= 11 is 5.90. The number of amides is 1. The van der Waals surface area contributed by atoms with E-state index >= 15 is 0 Å². The van der Waals surface area contributed by atoms with Gasteiger partial charge in [0.2, 0.25) is 5.91 Å². The molecule has 3 rings (SSSR count). The lowest BCUT2D eigenvalue weighted by Gasteiger charge is -2.14. The van der Waals surface area contributed by atoms with Gasteiger partial charge in [0.1, 0.15) is 6.54 Å². The number of hydrogen-bond donors (Lipinski definition) is 1. The number of rotatable bonds is 6. The van der Waals surface area contributed by atoms with Crippen LogP contribution in [-0.4, -0.2) is 15.0 Å². The van der Waals surface area contributed by atoms with Gasteiger partial charge >= 0.3 is 5.69 Å². The SMILES string of the molecule is CCCn1c(=O)n(CC(=O)N[C@@H](C)c2ccc(Cl)cc2)c2ccccc21. The van der Waals surface area contributed by atoms with E-state index < -0.39 is 0 Å². The molecule has 0 aliphatic heterocycles. The van der Waals surface area contributed by atoms with Gasteiger partial charge < -0.3 is 5.32 Å². The number of hydrogen-bond acceptors (Lipinski definition) is 2. The van der Waals surface area contributed by atoms with E-state index in [2.05, 4.69) is 5.32 Å². The van der Waals surface area contributed by atoms with Crippen molar-refractivity contribution in [2.24, 2.45) is 0 Å². The Morgan fingerprint density at radius 2 is 1.69 bits per heavy atom. The first kappa shape index (κ1) is 18.3. The third kappa shape index (κ3) is 3.68. The minimum Gasteiger partial charge on any atom is -0.348 e. The number of benzene rings is 2. The van der Waals surface area contributed by atoms with Gasteiger partial charge in [-0.15, -0.1) is 0 Å². The quantitative estimate of drug-likeness (QED) is 0.717. The largest absolute Gasteiger partial charge is 0.348 e. The van der Waals surface area contributed by atoms with Crippen LogP contribution in [0.15, 0.2) is 53.3 Å². The Labute approximate surface area is 157 Å². The predicted molar refractivity (Wildman–Crippen MR) is 104 cm³/mol. The number of nitrogens with zero attached hydrogens (tertiary/aromatic N) is 2. The van der Waals surface area contributed by atoms with Crippen LogP contribution in [0, 0.1) is 0 Å². The second-order valence-corrected chi connectivity index (χ2v) is 6.79. The number of imidazole rings is 1. The van der Waals surface area contributed by atoms with Crippen LogP contribution in [0.3, 0.4) is 0 Å². The molecular weight excluding hydrogens is 350 g/mol. The number of carbonyl (C=O) groups is 1. The lowest BCUT2D eigenvalue weighted by atomic mass is 10.1. The van der Waals surface area contributed by atoms with E-state index in [1.165, 1.54) is 4.57 Å². The zero-order valence-corrected chi connectivity index (χ0v) is 15.7. The Bertz CT molecular complexity index is 973. The molecule has 1 aromatic heterocycles. The first-order valence-electron chi connectivity index (χ1n) is 8.74. The molecular formula is C20H22ClN3O2. The van der Waals surface area contributed by atoms with Gasteiger partial charge in [0.15, 0.2) is 0 Å². The maximum absolute atomic E-state index is 12.7. The normalized spacial score (nSPS) is 12.3. The summed E-state index contributed by atoms with van der Waals surface area (Å²) in [5, 5.41) is 3.60. The Kier molecular flexibility index (Phi) is 5.47. The van der Waals surface area contributed by atoms with Crippen LogP contribution >= 0.6 is 11.6 Å². The van der Waals surface area contributed by atoms with Crippen molar-refractivity contribution in [1.82, 2.24) is 14.5 Å². The fourth-order valence-electron chi connectivity index (χ4n) is 3.13. The lowest BCUT2D eigenvalue weighted by molar-refractivity contribution is -0.122. The average Bonchev–Trinajstić information content (AvgIpc) is 2.88. The molecule has 0 spiro atoms. The lowest BCUT2D eigenvalue weighted by Crippen LogP contribution is -2.34. The number of fused-ring (bicyclic) bond motifs is 1. The topological polar surface area (TPSA) is 56.0 Å². The monoisotopic (exact) mass is 371 g/mol. The van der Waals surface area contributed by atoms with Crippen molar-refractivity contribution in [3.63, 3.8) is 0 Å². The number of halogens is 1. The summed E-state index contributed by atoms with van der Waals surface area (Å²) in [6.45, 7) is 4.56. The number of para-hydroxylation sites is 2. The predicted octanol–water partition coefficient (Wildman–Crippen LogP) is 3.74. The Morgan fingerprint density at radius 1 is 1.08 bits per heavy atom. The van der Waals surface area contributed by atoms with Gasteiger partial charge in [-0.3, -0.25) is 13.9 Å². The number of nitrogens with one attached hydrogen (secondary N) is 1. The first-order valence-corrected chi connectivity index (χ1v) is 9.12. The van der Waals surface area contributed by atoms with Crippen LogP contribution in [0.2, 0.25) is 5.02 Å². The second kappa shape index (κ2) is 7.79. The van der Waals surface area contributed by atoms with E-state index in [0.717, 1.165) is 23.0 Å². The van der Waals surface area contributed by atoms with Crippen LogP contribution in [0.1, 0.15) is 31.9 Å². The summed E-state index contributed by atoms with van der Waals surface area (Å²) in [6.07, 6.45) is 0.855.